The highest BCUT2D eigenvalue weighted by Gasteiger charge is 2.27. The van der Waals surface area contributed by atoms with E-state index in [1.54, 1.807) is 0 Å². The minimum Gasteiger partial charge on any atom is -0.481 e. The third kappa shape index (κ3) is 5.78. The number of carboxylic acids is 1. The van der Waals surface area contributed by atoms with Crippen molar-refractivity contribution in [3.8, 4) is 0 Å². The second-order valence-corrected chi connectivity index (χ2v) is 5.71. The highest BCUT2D eigenvalue weighted by molar-refractivity contribution is 5.67. The maximum atomic E-state index is 10.5. The minimum absolute atomic E-state index is 0.0901. The molecule has 1 unspecified atom stereocenters. The highest BCUT2D eigenvalue weighted by atomic mass is 16.4. The average Bonchev–Trinajstić information content (AvgIpc) is 2.80. The molecule has 1 fully saturated rings. The predicted octanol–water partition coefficient (Wildman–Crippen LogP) is 2.39. The van der Waals surface area contributed by atoms with E-state index in [9.17, 15) is 4.79 Å². The van der Waals surface area contributed by atoms with Gasteiger partial charge < -0.3 is 10.8 Å². The van der Waals surface area contributed by atoms with Crippen LogP contribution in [0.5, 0.6) is 0 Å². The maximum Gasteiger partial charge on any atom is 0.304 e. The van der Waals surface area contributed by atoms with Crippen LogP contribution in [-0.4, -0.2) is 17.1 Å². The fraction of sp³-hybridized carbons (Fsp3) is 0.917. The molecule has 0 heterocycles. The van der Waals surface area contributed by atoms with Gasteiger partial charge in [0.15, 0.2) is 0 Å². The molecule has 0 amide bonds. The van der Waals surface area contributed by atoms with Crippen LogP contribution in [0.1, 0.15) is 52.4 Å². The zero-order valence-electron chi connectivity index (χ0n) is 9.83. The SMILES string of the molecule is CC(C)(CCC1CC1)CC(N)CC(=O)O. The Labute approximate surface area is 92.0 Å². The zero-order chi connectivity index (χ0) is 11.5. The van der Waals surface area contributed by atoms with Gasteiger partial charge in [-0.1, -0.05) is 26.7 Å². The molecule has 1 aliphatic carbocycles. The molecule has 1 aliphatic rings. The van der Waals surface area contributed by atoms with Crippen molar-refractivity contribution in [1.82, 2.24) is 0 Å². The quantitative estimate of drug-likeness (QED) is 0.682. The minimum atomic E-state index is -0.791. The molecule has 0 aromatic rings. The zero-order valence-corrected chi connectivity index (χ0v) is 9.83. The Bertz CT molecular complexity index is 222. The van der Waals surface area contributed by atoms with E-state index in [0.717, 1.165) is 12.3 Å². The van der Waals surface area contributed by atoms with Crippen molar-refractivity contribution in [3.63, 3.8) is 0 Å². The molecule has 3 N–H and O–H groups in total. The molecule has 0 bridgehead atoms. The van der Waals surface area contributed by atoms with E-state index < -0.39 is 5.97 Å². The third-order valence-corrected chi connectivity index (χ3v) is 3.18. The summed E-state index contributed by atoms with van der Waals surface area (Å²) >= 11 is 0. The van der Waals surface area contributed by atoms with Crippen LogP contribution in [0.15, 0.2) is 0 Å². The molecule has 0 aliphatic heterocycles. The second kappa shape index (κ2) is 4.97. The first-order valence-corrected chi connectivity index (χ1v) is 5.86. The van der Waals surface area contributed by atoms with Gasteiger partial charge in [-0.2, -0.15) is 0 Å². The smallest absolute Gasteiger partial charge is 0.304 e. The number of rotatable bonds is 7. The van der Waals surface area contributed by atoms with Gasteiger partial charge in [-0.25, -0.2) is 0 Å². The number of carbonyl (C=O) groups is 1. The lowest BCUT2D eigenvalue weighted by molar-refractivity contribution is -0.137. The summed E-state index contributed by atoms with van der Waals surface area (Å²) in [5.74, 6) is 0.153. The maximum absolute atomic E-state index is 10.5. The number of nitrogens with two attached hydrogens (primary N) is 1. The first-order valence-electron chi connectivity index (χ1n) is 5.86. The summed E-state index contributed by atoms with van der Waals surface area (Å²) in [4.78, 5) is 10.5. The normalized spacial score (nSPS) is 18.9. The van der Waals surface area contributed by atoms with E-state index >= 15 is 0 Å². The van der Waals surface area contributed by atoms with Gasteiger partial charge in [-0.15, -0.1) is 0 Å². The molecule has 0 saturated heterocycles. The Balaban J connectivity index is 2.22. The summed E-state index contributed by atoms with van der Waals surface area (Å²) in [6.07, 6.45) is 6.13. The van der Waals surface area contributed by atoms with Crippen molar-refractivity contribution in [2.24, 2.45) is 17.1 Å². The molecule has 0 spiro atoms. The van der Waals surface area contributed by atoms with Gasteiger partial charge in [0.25, 0.3) is 0 Å². The van der Waals surface area contributed by atoms with Crippen LogP contribution in [0.2, 0.25) is 0 Å². The van der Waals surface area contributed by atoms with Gasteiger partial charge >= 0.3 is 5.97 Å². The van der Waals surface area contributed by atoms with Crippen molar-refractivity contribution in [2.75, 3.05) is 0 Å². The second-order valence-electron chi connectivity index (χ2n) is 5.71. The van der Waals surface area contributed by atoms with Crippen molar-refractivity contribution >= 4 is 5.97 Å². The van der Waals surface area contributed by atoms with Crippen molar-refractivity contribution in [2.45, 2.75) is 58.4 Å². The molecular formula is C12H23NO2. The van der Waals surface area contributed by atoms with Gasteiger partial charge in [-0.3, -0.25) is 4.79 Å². The Morgan fingerprint density at radius 2 is 2.13 bits per heavy atom. The number of hydrogen-bond donors (Lipinski definition) is 2. The molecule has 3 heteroatoms. The Morgan fingerprint density at radius 1 is 1.53 bits per heavy atom. The molecular weight excluding hydrogens is 190 g/mol. The molecule has 0 aromatic heterocycles. The van der Waals surface area contributed by atoms with E-state index in [0.29, 0.717) is 0 Å². The van der Waals surface area contributed by atoms with Crippen LogP contribution in [0.4, 0.5) is 0 Å². The molecule has 1 rings (SSSR count). The largest absolute Gasteiger partial charge is 0.481 e. The van der Waals surface area contributed by atoms with Crippen LogP contribution in [-0.2, 0) is 4.79 Å². The topological polar surface area (TPSA) is 63.3 Å². The van der Waals surface area contributed by atoms with E-state index in [-0.39, 0.29) is 17.9 Å². The Morgan fingerprint density at radius 3 is 2.60 bits per heavy atom. The van der Waals surface area contributed by atoms with E-state index in [2.05, 4.69) is 13.8 Å². The molecule has 0 radical (unpaired) electrons. The van der Waals surface area contributed by atoms with Crippen LogP contribution in [0.3, 0.4) is 0 Å². The van der Waals surface area contributed by atoms with E-state index in [4.69, 9.17) is 10.8 Å². The summed E-state index contributed by atoms with van der Waals surface area (Å²) < 4.78 is 0. The lowest BCUT2D eigenvalue weighted by atomic mass is 9.80. The summed E-state index contributed by atoms with van der Waals surface area (Å²) in [5, 5.41) is 8.63. The first kappa shape index (κ1) is 12.5. The summed E-state index contributed by atoms with van der Waals surface area (Å²) in [6.45, 7) is 4.38. The molecule has 1 atom stereocenters. The van der Waals surface area contributed by atoms with Crippen LogP contribution < -0.4 is 5.73 Å². The fourth-order valence-electron chi connectivity index (χ4n) is 2.11. The van der Waals surface area contributed by atoms with Gasteiger partial charge in [0.05, 0.1) is 6.42 Å². The van der Waals surface area contributed by atoms with Crippen molar-refractivity contribution in [1.29, 1.82) is 0 Å². The van der Waals surface area contributed by atoms with Crippen LogP contribution >= 0.6 is 0 Å². The monoisotopic (exact) mass is 213 g/mol. The standard InChI is InChI=1S/C12H23NO2/c1-12(2,6-5-9-3-4-9)8-10(13)7-11(14)15/h9-10H,3-8,13H2,1-2H3,(H,14,15). The molecule has 88 valence electrons. The first-order chi connectivity index (χ1) is 6.89. The summed E-state index contributed by atoms with van der Waals surface area (Å²) in [6, 6.07) is -0.197. The molecule has 3 nitrogen and oxygen atoms in total. The molecule has 0 aromatic carbocycles. The predicted molar refractivity (Wildman–Crippen MR) is 60.6 cm³/mol. The summed E-state index contributed by atoms with van der Waals surface area (Å²) in [7, 11) is 0. The third-order valence-electron chi connectivity index (χ3n) is 3.18. The van der Waals surface area contributed by atoms with Crippen molar-refractivity contribution in [3.05, 3.63) is 0 Å². The molecule has 1 saturated carbocycles. The Kier molecular flexibility index (Phi) is 4.14. The van der Waals surface area contributed by atoms with Crippen LogP contribution in [0, 0.1) is 11.3 Å². The average molecular weight is 213 g/mol. The van der Waals surface area contributed by atoms with Gasteiger partial charge in [0.1, 0.15) is 0 Å². The van der Waals surface area contributed by atoms with E-state index in [1.165, 1.54) is 25.7 Å². The van der Waals surface area contributed by atoms with Gasteiger partial charge in [-0.05, 0) is 30.6 Å². The van der Waals surface area contributed by atoms with Gasteiger partial charge in [0.2, 0.25) is 0 Å². The highest BCUT2D eigenvalue weighted by Crippen LogP contribution is 2.38. The fourth-order valence-corrected chi connectivity index (χ4v) is 2.11. The van der Waals surface area contributed by atoms with Crippen molar-refractivity contribution < 1.29 is 9.90 Å². The lowest BCUT2D eigenvalue weighted by Crippen LogP contribution is -2.30. The van der Waals surface area contributed by atoms with Crippen LogP contribution in [0.25, 0.3) is 0 Å². The lowest BCUT2D eigenvalue weighted by Gasteiger charge is -2.27. The number of hydrogen-bond acceptors (Lipinski definition) is 2. The summed E-state index contributed by atoms with van der Waals surface area (Å²) in [5.41, 5.74) is 5.99. The number of carboxylic acid groups (broad SMARTS) is 1. The molecule has 15 heavy (non-hydrogen) atoms. The van der Waals surface area contributed by atoms with Gasteiger partial charge in [0, 0.05) is 6.04 Å². The number of aliphatic carboxylic acids is 1. The Hall–Kier alpha value is -0.570. The van der Waals surface area contributed by atoms with E-state index in [1.807, 2.05) is 0 Å².